The normalized spacial score (nSPS) is 10.7. The Morgan fingerprint density at radius 1 is 1.50 bits per heavy atom. The number of aromatic nitrogens is 2. The topological polar surface area (TPSA) is 34.9 Å². The van der Waals surface area contributed by atoms with E-state index < -0.39 is 5.82 Å². The van der Waals surface area contributed by atoms with Crippen LogP contribution in [0.2, 0.25) is 5.02 Å². The Kier molecular flexibility index (Phi) is 3.48. The fourth-order valence-electron chi connectivity index (χ4n) is 1.83. The first kappa shape index (κ1) is 12.8. The van der Waals surface area contributed by atoms with Crippen LogP contribution in [0, 0.1) is 12.7 Å². The summed E-state index contributed by atoms with van der Waals surface area (Å²) in [7, 11) is 1.74. The van der Waals surface area contributed by atoms with Gasteiger partial charge in [0.25, 0.3) is 0 Å². The van der Waals surface area contributed by atoms with E-state index in [2.05, 4.69) is 5.10 Å². The highest BCUT2D eigenvalue weighted by molar-refractivity contribution is 6.30. The lowest BCUT2D eigenvalue weighted by Crippen LogP contribution is -2.06. The van der Waals surface area contributed by atoms with Crippen LogP contribution in [-0.4, -0.2) is 15.6 Å². The Morgan fingerprint density at radius 2 is 2.22 bits per heavy atom. The molecule has 0 radical (unpaired) electrons. The molecular formula is C13H12ClFN2O. The largest absolute Gasteiger partial charge is 0.294 e. The van der Waals surface area contributed by atoms with Gasteiger partial charge in [-0.15, -0.1) is 0 Å². The van der Waals surface area contributed by atoms with Crippen LogP contribution in [0.3, 0.4) is 0 Å². The highest BCUT2D eigenvalue weighted by Crippen LogP contribution is 2.20. The van der Waals surface area contributed by atoms with Crippen LogP contribution in [0.4, 0.5) is 4.39 Å². The molecule has 0 aliphatic heterocycles. The minimum Gasteiger partial charge on any atom is -0.294 e. The summed E-state index contributed by atoms with van der Waals surface area (Å²) < 4.78 is 15.2. The second-order valence-electron chi connectivity index (χ2n) is 4.11. The minimum absolute atomic E-state index is 0.0150. The number of Topliss-reactive ketones (excluding diaryl/α,β-unsaturated/α-hetero) is 1. The zero-order chi connectivity index (χ0) is 13.3. The molecule has 18 heavy (non-hydrogen) atoms. The van der Waals surface area contributed by atoms with Crippen molar-refractivity contribution >= 4 is 17.4 Å². The first-order valence-corrected chi connectivity index (χ1v) is 5.83. The molecule has 0 saturated carbocycles. The summed E-state index contributed by atoms with van der Waals surface area (Å²) in [5.41, 5.74) is 1.46. The maximum atomic E-state index is 13.7. The van der Waals surface area contributed by atoms with Gasteiger partial charge in [-0.25, -0.2) is 4.39 Å². The molecule has 0 unspecified atom stereocenters. The summed E-state index contributed by atoms with van der Waals surface area (Å²) in [6.45, 7) is 1.75. The van der Waals surface area contributed by atoms with Crippen molar-refractivity contribution in [3.8, 4) is 0 Å². The van der Waals surface area contributed by atoms with Gasteiger partial charge in [-0.2, -0.15) is 5.10 Å². The summed E-state index contributed by atoms with van der Waals surface area (Å²) >= 11 is 5.68. The number of ketones is 1. The van der Waals surface area contributed by atoms with Crippen LogP contribution in [-0.2, 0) is 13.5 Å². The summed E-state index contributed by atoms with van der Waals surface area (Å²) in [5.74, 6) is -0.698. The molecule has 0 spiro atoms. The molecule has 1 heterocycles. The Morgan fingerprint density at radius 3 is 2.83 bits per heavy atom. The summed E-state index contributed by atoms with van der Waals surface area (Å²) in [6.07, 6.45) is 1.62. The number of hydrogen-bond donors (Lipinski definition) is 0. The molecular weight excluding hydrogens is 255 g/mol. The van der Waals surface area contributed by atoms with Gasteiger partial charge in [-0.1, -0.05) is 23.7 Å². The van der Waals surface area contributed by atoms with E-state index >= 15 is 0 Å². The first-order chi connectivity index (χ1) is 8.49. The lowest BCUT2D eigenvalue weighted by atomic mass is 10.0. The molecule has 94 valence electrons. The Bertz CT molecular complexity index is 607. The van der Waals surface area contributed by atoms with E-state index in [0.29, 0.717) is 16.8 Å². The van der Waals surface area contributed by atoms with Crippen LogP contribution >= 0.6 is 11.6 Å². The number of nitrogens with zero attached hydrogens (tertiary/aromatic N) is 2. The van der Waals surface area contributed by atoms with Crippen molar-refractivity contribution in [3.63, 3.8) is 0 Å². The van der Waals surface area contributed by atoms with Crippen LogP contribution in [0.25, 0.3) is 0 Å². The zero-order valence-corrected chi connectivity index (χ0v) is 10.8. The third-order valence-electron chi connectivity index (χ3n) is 2.70. The van der Waals surface area contributed by atoms with E-state index in [1.807, 2.05) is 0 Å². The molecule has 0 aliphatic rings. The van der Waals surface area contributed by atoms with Gasteiger partial charge < -0.3 is 0 Å². The van der Waals surface area contributed by atoms with Gasteiger partial charge >= 0.3 is 0 Å². The maximum Gasteiger partial charge on any atom is 0.170 e. The van der Waals surface area contributed by atoms with E-state index in [4.69, 9.17) is 11.6 Å². The quantitative estimate of drug-likeness (QED) is 0.801. The molecule has 0 N–H and O–H groups in total. The lowest BCUT2D eigenvalue weighted by molar-refractivity contribution is 0.0991. The fourth-order valence-corrected chi connectivity index (χ4v) is 2.02. The van der Waals surface area contributed by atoms with Gasteiger partial charge in [0.1, 0.15) is 5.82 Å². The molecule has 5 heteroatoms. The smallest absolute Gasteiger partial charge is 0.170 e. The van der Waals surface area contributed by atoms with Gasteiger partial charge in [-0.05, 0) is 18.6 Å². The van der Waals surface area contributed by atoms with E-state index in [0.717, 1.165) is 0 Å². The van der Waals surface area contributed by atoms with E-state index in [1.165, 1.54) is 6.07 Å². The molecule has 2 rings (SSSR count). The minimum atomic E-state index is -0.533. The summed E-state index contributed by atoms with van der Waals surface area (Å²) in [4.78, 5) is 12.0. The monoisotopic (exact) mass is 266 g/mol. The van der Waals surface area contributed by atoms with Gasteiger partial charge in [0, 0.05) is 19.7 Å². The maximum absolute atomic E-state index is 13.7. The average Bonchev–Trinajstić information content (AvgIpc) is 2.64. The number of rotatable bonds is 3. The first-order valence-electron chi connectivity index (χ1n) is 5.45. The predicted octanol–water partition coefficient (Wildman–Crippen LogP) is 2.95. The van der Waals surface area contributed by atoms with Crippen LogP contribution in [0.1, 0.15) is 21.6 Å². The molecule has 1 aromatic carbocycles. The van der Waals surface area contributed by atoms with Crippen molar-refractivity contribution in [2.45, 2.75) is 13.3 Å². The molecule has 1 aromatic heterocycles. The number of halogens is 2. The average molecular weight is 267 g/mol. The van der Waals surface area contributed by atoms with Crippen molar-refractivity contribution in [1.29, 1.82) is 0 Å². The standard InChI is InChI=1S/C13H12ClFN2O/c1-8-10(7-17(2)16-8)12(18)6-9-4-3-5-11(14)13(9)15/h3-5,7H,6H2,1-2H3. The molecule has 0 aliphatic carbocycles. The van der Waals surface area contributed by atoms with E-state index in [1.54, 1.807) is 37.0 Å². The van der Waals surface area contributed by atoms with Crippen molar-refractivity contribution in [2.75, 3.05) is 0 Å². The van der Waals surface area contributed by atoms with Crippen molar-refractivity contribution < 1.29 is 9.18 Å². The van der Waals surface area contributed by atoms with Gasteiger partial charge in [0.15, 0.2) is 5.78 Å². The highest BCUT2D eigenvalue weighted by atomic mass is 35.5. The Balaban J connectivity index is 2.27. The Hall–Kier alpha value is -1.68. The number of carbonyl (C=O) groups is 1. The number of hydrogen-bond acceptors (Lipinski definition) is 2. The molecule has 0 fully saturated rings. The van der Waals surface area contributed by atoms with Gasteiger partial charge in [0.2, 0.25) is 0 Å². The molecule has 3 nitrogen and oxygen atoms in total. The van der Waals surface area contributed by atoms with Crippen LogP contribution in [0.5, 0.6) is 0 Å². The molecule has 2 aromatic rings. The second kappa shape index (κ2) is 4.90. The van der Waals surface area contributed by atoms with Crippen molar-refractivity contribution in [2.24, 2.45) is 7.05 Å². The van der Waals surface area contributed by atoms with Crippen LogP contribution in [0.15, 0.2) is 24.4 Å². The highest BCUT2D eigenvalue weighted by Gasteiger charge is 2.16. The summed E-state index contributed by atoms with van der Waals surface area (Å²) in [6, 6.07) is 4.65. The third kappa shape index (κ3) is 2.43. The SMILES string of the molecule is Cc1nn(C)cc1C(=O)Cc1cccc(Cl)c1F. The summed E-state index contributed by atoms with van der Waals surface area (Å²) in [5, 5.41) is 4.12. The molecule has 0 amide bonds. The van der Waals surface area contributed by atoms with Crippen LogP contribution < -0.4 is 0 Å². The molecule has 0 saturated heterocycles. The zero-order valence-electron chi connectivity index (χ0n) is 10.1. The van der Waals surface area contributed by atoms with Crippen molar-refractivity contribution in [1.82, 2.24) is 9.78 Å². The third-order valence-corrected chi connectivity index (χ3v) is 2.99. The number of carbonyl (C=O) groups excluding carboxylic acids is 1. The number of aryl methyl sites for hydroxylation is 2. The number of benzene rings is 1. The van der Waals surface area contributed by atoms with Gasteiger partial charge in [0.05, 0.1) is 16.3 Å². The van der Waals surface area contributed by atoms with E-state index in [-0.39, 0.29) is 17.2 Å². The molecule has 0 bridgehead atoms. The Labute approximate surface area is 109 Å². The van der Waals surface area contributed by atoms with Crippen molar-refractivity contribution in [3.05, 3.63) is 52.1 Å². The van der Waals surface area contributed by atoms with Gasteiger partial charge in [-0.3, -0.25) is 9.48 Å². The lowest BCUT2D eigenvalue weighted by Gasteiger charge is -2.03. The second-order valence-corrected chi connectivity index (χ2v) is 4.52. The molecule has 0 atom stereocenters. The predicted molar refractivity (Wildman–Crippen MR) is 67.4 cm³/mol. The van der Waals surface area contributed by atoms with E-state index in [9.17, 15) is 9.18 Å². The fraction of sp³-hybridized carbons (Fsp3) is 0.231.